The third-order valence-electron chi connectivity index (χ3n) is 2.95. The first-order valence-electron chi connectivity index (χ1n) is 6.54. The van der Waals surface area contributed by atoms with Crippen LogP contribution in [0.2, 0.25) is 0 Å². The number of carbonyl (C=O) groups excluding carboxylic acids is 1. The summed E-state index contributed by atoms with van der Waals surface area (Å²) in [6, 6.07) is 0.988. The van der Waals surface area contributed by atoms with Crippen LogP contribution in [0.3, 0.4) is 0 Å². The zero-order chi connectivity index (χ0) is 18.1. The van der Waals surface area contributed by atoms with Crippen molar-refractivity contribution in [1.29, 1.82) is 0 Å². The Labute approximate surface area is 131 Å². The molecular weight excluding hydrogens is 342 g/mol. The number of carbonyl (C=O) groups is 1. The van der Waals surface area contributed by atoms with Crippen LogP contribution in [-0.4, -0.2) is 22.3 Å². The van der Waals surface area contributed by atoms with Gasteiger partial charge in [0, 0.05) is 18.0 Å². The van der Waals surface area contributed by atoms with E-state index in [1.54, 1.807) is 0 Å². The molecule has 4 nitrogen and oxygen atoms in total. The van der Waals surface area contributed by atoms with Gasteiger partial charge in [0.1, 0.15) is 5.82 Å². The number of aromatic nitrogens is 2. The second kappa shape index (κ2) is 6.17. The van der Waals surface area contributed by atoms with Crippen molar-refractivity contribution in [3.05, 3.63) is 41.7 Å². The molecular formula is C14H10F6N2O2. The summed E-state index contributed by atoms with van der Waals surface area (Å²) in [4.78, 5) is 15.4. The SMILES string of the molecule is CCOC(=O)n1ccnc1-c1cc(C(F)(F)F)cc(C(F)(F)F)c1. The summed E-state index contributed by atoms with van der Waals surface area (Å²) in [6.45, 7) is 1.48. The lowest BCUT2D eigenvalue weighted by atomic mass is 10.0. The Balaban J connectivity index is 2.63. The average Bonchev–Trinajstić information content (AvgIpc) is 2.94. The van der Waals surface area contributed by atoms with Crippen LogP contribution < -0.4 is 0 Å². The summed E-state index contributed by atoms with van der Waals surface area (Å²) in [7, 11) is 0. The highest BCUT2D eigenvalue weighted by Crippen LogP contribution is 2.38. The number of hydrogen-bond acceptors (Lipinski definition) is 3. The molecule has 24 heavy (non-hydrogen) atoms. The van der Waals surface area contributed by atoms with E-state index in [4.69, 9.17) is 0 Å². The zero-order valence-corrected chi connectivity index (χ0v) is 12.1. The molecule has 0 unspecified atom stereocenters. The molecule has 0 aliphatic carbocycles. The highest BCUT2D eigenvalue weighted by molar-refractivity contribution is 5.77. The molecule has 0 radical (unpaired) electrons. The summed E-state index contributed by atoms with van der Waals surface area (Å²) in [5.74, 6) is -0.384. The van der Waals surface area contributed by atoms with E-state index < -0.39 is 35.1 Å². The van der Waals surface area contributed by atoms with E-state index >= 15 is 0 Å². The van der Waals surface area contributed by atoms with Crippen molar-refractivity contribution in [2.24, 2.45) is 0 Å². The quantitative estimate of drug-likeness (QED) is 0.743. The molecule has 2 rings (SSSR count). The van der Waals surface area contributed by atoms with Gasteiger partial charge in [-0.1, -0.05) is 0 Å². The number of nitrogens with zero attached hydrogens (tertiary/aromatic N) is 2. The van der Waals surface area contributed by atoms with E-state index in [9.17, 15) is 31.1 Å². The maximum Gasteiger partial charge on any atom is 0.419 e. The first-order valence-corrected chi connectivity index (χ1v) is 6.54. The smallest absolute Gasteiger partial charge is 0.419 e. The minimum absolute atomic E-state index is 0.00114. The number of alkyl halides is 6. The maximum absolute atomic E-state index is 12.9. The van der Waals surface area contributed by atoms with E-state index in [1.807, 2.05) is 0 Å². The van der Waals surface area contributed by atoms with Crippen molar-refractivity contribution in [3.63, 3.8) is 0 Å². The van der Waals surface area contributed by atoms with Gasteiger partial charge in [0.15, 0.2) is 0 Å². The molecule has 2 aromatic rings. The molecule has 10 heteroatoms. The van der Waals surface area contributed by atoms with Gasteiger partial charge in [-0.05, 0) is 25.1 Å². The monoisotopic (exact) mass is 352 g/mol. The van der Waals surface area contributed by atoms with Crippen molar-refractivity contribution in [2.45, 2.75) is 19.3 Å². The molecule has 0 N–H and O–H groups in total. The number of halogens is 6. The van der Waals surface area contributed by atoms with Crippen LogP contribution in [0.25, 0.3) is 11.4 Å². The fourth-order valence-corrected chi connectivity index (χ4v) is 1.94. The minimum Gasteiger partial charge on any atom is -0.449 e. The van der Waals surface area contributed by atoms with E-state index in [2.05, 4.69) is 9.72 Å². The Morgan fingerprint density at radius 2 is 1.62 bits per heavy atom. The summed E-state index contributed by atoms with van der Waals surface area (Å²) >= 11 is 0. The number of imidazole rings is 1. The van der Waals surface area contributed by atoms with Crippen molar-refractivity contribution in [1.82, 2.24) is 9.55 Å². The zero-order valence-electron chi connectivity index (χ0n) is 12.1. The molecule has 0 fully saturated rings. The highest BCUT2D eigenvalue weighted by atomic mass is 19.4. The molecule has 0 amide bonds. The number of ether oxygens (including phenoxy) is 1. The Kier molecular flexibility index (Phi) is 4.59. The third-order valence-corrected chi connectivity index (χ3v) is 2.95. The lowest BCUT2D eigenvalue weighted by molar-refractivity contribution is -0.143. The second-order valence-corrected chi connectivity index (χ2v) is 4.61. The molecule has 0 saturated heterocycles. The van der Waals surface area contributed by atoms with Gasteiger partial charge in [0.05, 0.1) is 17.7 Å². The second-order valence-electron chi connectivity index (χ2n) is 4.61. The molecule has 1 aromatic carbocycles. The van der Waals surface area contributed by atoms with Gasteiger partial charge < -0.3 is 4.74 Å². The summed E-state index contributed by atoms with van der Waals surface area (Å²) < 4.78 is 82.6. The number of rotatable bonds is 2. The van der Waals surface area contributed by atoms with Gasteiger partial charge in [0.25, 0.3) is 0 Å². The van der Waals surface area contributed by atoms with Gasteiger partial charge >= 0.3 is 18.4 Å². The number of hydrogen-bond donors (Lipinski definition) is 0. The van der Waals surface area contributed by atoms with E-state index in [0.717, 1.165) is 17.0 Å². The minimum atomic E-state index is -4.99. The number of benzene rings is 1. The molecule has 1 heterocycles. The molecule has 0 spiro atoms. The van der Waals surface area contributed by atoms with Crippen LogP contribution in [0, 0.1) is 0 Å². The van der Waals surface area contributed by atoms with Crippen LogP contribution in [0.1, 0.15) is 18.1 Å². The Morgan fingerprint density at radius 3 is 2.08 bits per heavy atom. The standard InChI is InChI=1S/C14H10F6N2O2/c1-2-24-12(23)22-4-3-21-11(22)8-5-9(13(15,16)17)7-10(6-8)14(18,19)20/h3-7H,2H2,1H3. The first kappa shape index (κ1) is 17.8. The van der Waals surface area contributed by atoms with E-state index in [0.29, 0.717) is 12.1 Å². The van der Waals surface area contributed by atoms with Crippen LogP contribution in [0.4, 0.5) is 31.1 Å². The van der Waals surface area contributed by atoms with Gasteiger partial charge in [-0.3, -0.25) is 0 Å². The fraction of sp³-hybridized carbons (Fsp3) is 0.286. The topological polar surface area (TPSA) is 44.1 Å². The van der Waals surface area contributed by atoms with Crippen LogP contribution in [0.15, 0.2) is 30.6 Å². The van der Waals surface area contributed by atoms with Gasteiger partial charge in [-0.25, -0.2) is 14.3 Å². The molecule has 0 saturated carbocycles. The molecule has 0 atom stereocenters. The fourth-order valence-electron chi connectivity index (χ4n) is 1.94. The predicted molar refractivity (Wildman–Crippen MR) is 70.1 cm³/mol. The lowest BCUT2D eigenvalue weighted by Crippen LogP contribution is -2.15. The predicted octanol–water partition coefficient (Wildman–Crippen LogP) is 4.59. The maximum atomic E-state index is 12.9. The van der Waals surface area contributed by atoms with Crippen molar-refractivity contribution < 1.29 is 35.9 Å². The molecule has 0 aliphatic rings. The van der Waals surface area contributed by atoms with Gasteiger partial charge in [-0.15, -0.1) is 0 Å². The Morgan fingerprint density at radius 1 is 1.08 bits per heavy atom. The van der Waals surface area contributed by atoms with E-state index in [1.165, 1.54) is 6.92 Å². The summed E-state index contributed by atoms with van der Waals surface area (Å²) in [5, 5.41) is 0. The molecule has 0 aliphatic heterocycles. The molecule has 0 bridgehead atoms. The van der Waals surface area contributed by atoms with Gasteiger partial charge in [-0.2, -0.15) is 26.3 Å². The Hall–Kier alpha value is -2.52. The molecule has 130 valence electrons. The van der Waals surface area contributed by atoms with Crippen molar-refractivity contribution in [3.8, 4) is 11.4 Å². The lowest BCUT2D eigenvalue weighted by Gasteiger charge is -2.14. The van der Waals surface area contributed by atoms with Crippen LogP contribution >= 0.6 is 0 Å². The van der Waals surface area contributed by atoms with Gasteiger partial charge in [0.2, 0.25) is 0 Å². The summed E-state index contributed by atoms with van der Waals surface area (Å²) in [5.41, 5.74) is -3.49. The molecule has 1 aromatic heterocycles. The van der Waals surface area contributed by atoms with Crippen LogP contribution in [-0.2, 0) is 17.1 Å². The highest BCUT2D eigenvalue weighted by Gasteiger charge is 2.37. The first-order chi connectivity index (χ1) is 11.0. The Bertz CT molecular complexity index is 716. The largest absolute Gasteiger partial charge is 0.449 e. The summed E-state index contributed by atoms with van der Waals surface area (Å²) in [6.07, 6.45) is -8.79. The van der Waals surface area contributed by atoms with E-state index in [-0.39, 0.29) is 18.5 Å². The average molecular weight is 352 g/mol. The normalized spacial score (nSPS) is 12.3. The van der Waals surface area contributed by atoms with Crippen molar-refractivity contribution in [2.75, 3.05) is 6.61 Å². The van der Waals surface area contributed by atoms with Crippen molar-refractivity contribution >= 4 is 6.09 Å². The third kappa shape index (κ3) is 3.69. The van der Waals surface area contributed by atoms with Crippen LogP contribution in [0.5, 0.6) is 0 Å².